The molecule has 0 aliphatic rings. The van der Waals surface area contributed by atoms with Gasteiger partial charge in [0.05, 0.1) is 17.5 Å². The smallest absolute Gasteiger partial charge is 0.326 e. The maximum absolute atomic E-state index is 12.5. The molecule has 0 amide bonds. The second-order valence-electron chi connectivity index (χ2n) is 6.18. The van der Waals surface area contributed by atoms with Crippen LogP contribution in [-0.4, -0.2) is 15.7 Å². The van der Waals surface area contributed by atoms with Gasteiger partial charge in [0.25, 0.3) is 0 Å². The average Bonchev–Trinajstić information content (AvgIpc) is 2.72. The first kappa shape index (κ1) is 15.8. The van der Waals surface area contributed by atoms with Gasteiger partial charge in [0, 0.05) is 18.5 Å². The third-order valence-electron chi connectivity index (χ3n) is 3.33. The molecule has 6 heteroatoms. The summed E-state index contributed by atoms with van der Waals surface area (Å²) in [6, 6.07) is 5.61. The number of aromatic nitrogens is 2. The van der Waals surface area contributed by atoms with Crippen LogP contribution in [0.25, 0.3) is 11.0 Å². The summed E-state index contributed by atoms with van der Waals surface area (Å²) in [5, 5.41) is 0. The third kappa shape index (κ3) is 3.56. The number of alkyl halides is 3. The SMILES string of the molecule is CC(C)(C)n1c(CCC(F)(F)F)nc2cc(CN)ccc21. The molecule has 0 aliphatic heterocycles. The van der Waals surface area contributed by atoms with Gasteiger partial charge in [-0.2, -0.15) is 13.2 Å². The first-order valence-corrected chi connectivity index (χ1v) is 6.89. The van der Waals surface area contributed by atoms with Gasteiger partial charge >= 0.3 is 6.18 Å². The summed E-state index contributed by atoms with van der Waals surface area (Å²) in [6.45, 7) is 6.27. The van der Waals surface area contributed by atoms with Crippen LogP contribution in [0, 0.1) is 0 Å². The Bertz CT molecular complexity index is 636. The molecule has 21 heavy (non-hydrogen) atoms. The molecule has 2 rings (SSSR count). The predicted molar refractivity (Wildman–Crippen MR) is 77.0 cm³/mol. The number of halogens is 3. The van der Waals surface area contributed by atoms with Gasteiger partial charge in [-0.15, -0.1) is 0 Å². The number of nitrogens with two attached hydrogens (primary N) is 1. The van der Waals surface area contributed by atoms with Gasteiger partial charge in [-0.1, -0.05) is 6.07 Å². The molecular weight excluding hydrogens is 279 g/mol. The van der Waals surface area contributed by atoms with Crippen molar-refractivity contribution in [2.24, 2.45) is 5.73 Å². The molecule has 1 heterocycles. The fourth-order valence-electron chi connectivity index (χ4n) is 2.47. The lowest BCUT2D eigenvalue weighted by atomic mass is 10.1. The van der Waals surface area contributed by atoms with Crippen molar-refractivity contribution < 1.29 is 13.2 Å². The molecule has 0 unspecified atom stereocenters. The number of hydrogen-bond donors (Lipinski definition) is 1. The maximum atomic E-state index is 12.5. The van der Waals surface area contributed by atoms with E-state index in [0.29, 0.717) is 17.9 Å². The summed E-state index contributed by atoms with van der Waals surface area (Å²) in [7, 11) is 0. The van der Waals surface area contributed by atoms with Crippen LogP contribution in [0.3, 0.4) is 0 Å². The molecule has 0 saturated heterocycles. The number of nitrogens with zero attached hydrogens (tertiary/aromatic N) is 2. The number of benzene rings is 1. The van der Waals surface area contributed by atoms with Gasteiger partial charge in [0.2, 0.25) is 0 Å². The minimum atomic E-state index is -4.18. The van der Waals surface area contributed by atoms with Crippen LogP contribution >= 0.6 is 0 Å². The Balaban J connectivity index is 2.52. The highest BCUT2D eigenvalue weighted by Gasteiger charge is 2.29. The summed E-state index contributed by atoms with van der Waals surface area (Å²) in [5.41, 5.74) is 7.73. The molecule has 0 bridgehead atoms. The van der Waals surface area contributed by atoms with Crippen LogP contribution in [0.5, 0.6) is 0 Å². The Labute approximate surface area is 122 Å². The summed E-state index contributed by atoms with van der Waals surface area (Å²) in [6.07, 6.45) is -5.16. The molecule has 3 nitrogen and oxygen atoms in total. The van der Waals surface area contributed by atoms with E-state index in [1.165, 1.54) is 0 Å². The van der Waals surface area contributed by atoms with E-state index in [1.807, 2.05) is 43.5 Å². The van der Waals surface area contributed by atoms with Crippen molar-refractivity contribution in [2.45, 2.75) is 51.9 Å². The van der Waals surface area contributed by atoms with Crippen molar-refractivity contribution in [3.63, 3.8) is 0 Å². The lowest BCUT2D eigenvalue weighted by Crippen LogP contribution is -2.25. The molecule has 0 atom stereocenters. The van der Waals surface area contributed by atoms with E-state index in [0.717, 1.165) is 11.1 Å². The number of aryl methyl sites for hydroxylation is 1. The number of fused-ring (bicyclic) bond motifs is 1. The Kier molecular flexibility index (Phi) is 4.02. The number of rotatable bonds is 3. The fourth-order valence-corrected chi connectivity index (χ4v) is 2.47. The quantitative estimate of drug-likeness (QED) is 0.938. The molecule has 2 aromatic rings. The highest BCUT2D eigenvalue weighted by molar-refractivity contribution is 5.77. The van der Waals surface area contributed by atoms with Gasteiger partial charge < -0.3 is 10.3 Å². The molecule has 0 spiro atoms. The van der Waals surface area contributed by atoms with Crippen molar-refractivity contribution in [2.75, 3.05) is 0 Å². The van der Waals surface area contributed by atoms with Crippen molar-refractivity contribution in [3.05, 3.63) is 29.6 Å². The van der Waals surface area contributed by atoms with Gasteiger partial charge in [-0.05, 0) is 38.5 Å². The minimum absolute atomic E-state index is 0.118. The zero-order valence-electron chi connectivity index (χ0n) is 12.5. The average molecular weight is 299 g/mol. The molecule has 116 valence electrons. The monoisotopic (exact) mass is 299 g/mol. The molecule has 2 N–H and O–H groups in total. The van der Waals surface area contributed by atoms with Gasteiger partial charge in [-0.3, -0.25) is 0 Å². The van der Waals surface area contributed by atoms with Crippen LogP contribution in [-0.2, 0) is 18.5 Å². The first-order valence-electron chi connectivity index (χ1n) is 6.89. The van der Waals surface area contributed by atoms with E-state index < -0.39 is 12.6 Å². The first-order chi connectivity index (χ1) is 9.62. The maximum Gasteiger partial charge on any atom is 0.389 e. The fraction of sp³-hybridized carbons (Fsp3) is 0.533. The largest absolute Gasteiger partial charge is 0.389 e. The Hall–Kier alpha value is -1.56. The van der Waals surface area contributed by atoms with Crippen LogP contribution in [0.4, 0.5) is 13.2 Å². The molecule has 0 saturated carbocycles. The summed E-state index contributed by atoms with van der Waals surface area (Å²) in [5.74, 6) is 0.462. The van der Waals surface area contributed by atoms with Crippen LogP contribution < -0.4 is 5.73 Å². The molecule has 0 aliphatic carbocycles. The van der Waals surface area contributed by atoms with Gasteiger partial charge in [-0.25, -0.2) is 4.98 Å². The zero-order chi connectivity index (χ0) is 15.8. The van der Waals surface area contributed by atoms with E-state index >= 15 is 0 Å². The third-order valence-corrected chi connectivity index (χ3v) is 3.33. The number of imidazole rings is 1. The van der Waals surface area contributed by atoms with E-state index in [1.54, 1.807) is 0 Å². The molecule has 1 aromatic carbocycles. The van der Waals surface area contributed by atoms with Crippen LogP contribution in [0.15, 0.2) is 18.2 Å². The Morgan fingerprint density at radius 2 is 1.86 bits per heavy atom. The van der Waals surface area contributed by atoms with Crippen LogP contribution in [0.1, 0.15) is 38.6 Å². The van der Waals surface area contributed by atoms with Crippen molar-refractivity contribution >= 4 is 11.0 Å². The summed E-state index contributed by atoms with van der Waals surface area (Å²) >= 11 is 0. The van der Waals surface area contributed by atoms with Crippen molar-refractivity contribution in [1.82, 2.24) is 9.55 Å². The molecular formula is C15H20F3N3. The number of hydrogen-bond acceptors (Lipinski definition) is 2. The highest BCUT2D eigenvalue weighted by Crippen LogP contribution is 2.29. The molecule has 0 radical (unpaired) electrons. The normalized spacial score (nSPS) is 13.1. The lowest BCUT2D eigenvalue weighted by molar-refractivity contribution is -0.134. The van der Waals surface area contributed by atoms with Gasteiger partial charge in [0.1, 0.15) is 5.82 Å². The molecule has 0 fully saturated rings. The Morgan fingerprint density at radius 1 is 1.19 bits per heavy atom. The standard InChI is InChI=1S/C15H20F3N3/c1-14(2,3)21-12-5-4-10(9-19)8-11(12)20-13(21)6-7-15(16,17)18/h4-5,8H,6-7,9,19H2,1-3H3. The van der Waals surface area contributed by atoms with Crippen molar-refractivity contribution in [3.8, 4) is 0 Å². The van der Waals surface area contributed by atoms with Crippen LogP contribution in [0.2, 0.25) is 0 Å². The lowest BCUT2D eigenvalue weighted by Gasteiger charge is -2.25. The highest BCUT2D eigenvalue weighted by atomic mass is 19.4. The van der Waals surface area contributed by atoms with Crippen molar-refractivity contribution in [1.29, 1.82) is 0 Å². The Morgan fingerprint density at radius 3 is 2.38 bits per heavy atom. The molecule has 1 aromatic heterocycles. The van der Waals surface area contributed by atoms with E-state index in [-0.39, 0.29) is 12.0 Å². The second-order valence-corrected chi connectivity index (χ2v) is 6.18. The summed E-state index contributed by atoms with van der Waals surface area (Å²) in [4.78, 5) is 4.40. The van der Waals surface area contributed by atoms with Gasteiger partial charge in [0.15, 0.2) is 0 Å². The predicted octanol–water partition coefficient (Wildman–Crippen LogP) is 3.74. The van der Waals surface area contributed by atoms with E-state index in [4.69, 9.17) is 5.73 Å². The topological polar surface area (TPSA) is 43.8 Å². The summed E-state index contributed by atoms with van der Waals surface area (Å²) < 4.78 is 39.4. The minimum Gasteiger partial charge on any atom is -0.326 e. The van der Waals surface area contributed by atoms with E-state index in [2.05, 4.69) is 4.98 Å². The second kappa shape index (κ2) is 5.33. The van der Waals surface area contributed by atoms with E-state index in [9.17, 15) is 13.2 Å². The zero-order valence-corrected chi connectivity index (χ0v) is 12.5.